The Morgan fingerprint density at radius 1 is 1.11 bits per heavy atom. The molecule has 3 aromatic rings. The van der Waals surface area contributed by atoms with E-state index in [2.05, 4.69) is 20.8 Å². The topological polar surface area (TPSA) is 78.8 Å². The summed E-state index contributed by atoms with van der Waals surface area (Å²) in [5.74, 6) is -1.15. The lowest BCUT2D eigenvalue weighted by atomic mass is 10.1. The van der Waals surface area contributed by atoms with E-state index in [1.54, 1.807) is 25.1 Å². The molecule has 0 spiro atoms. The molecule has 0 aliphatic heterocycles. The molecule has 28 heavy (non-hydrogen) atoms. The molecule has 1 fully saturated rings. The number of hydrogen-bond donors (Lipinski definition) is 4. The molecule has 1 atom stereocenters. The number of nitrogens with two attached hydrogens (primary N) is 1. The zero-order chi connectivity index (χ0) is 19.8. The molecule has 5 N–H and O–H groups in total. The zero-order valence-corrected chi connectivity index (χ0v) is 15.2. The van der Waals surface area contributed by atoms with Gasteiger partial charge in [0.1, 0.15) is 17.2 Å². The maximum Gasteiger partial charge on any atom is 0.174 e. The number of aromatic nitrogens is 2. The van der Waals surface area contributed by atoms with Crippen LogP contribution in [0.4, 0.5) is 36.1 Å². The Balaban J connectivity index is 1.60. The third kappa shape index (κ3) is 3.62. The van der Waals surface area contributed by atoms with Crippen LogP contribution in [0.2, 0.25) is 0 Å². The molecule has 8 heteroatoms. The molecular weight excluding hydrogens is 367 g/mol. The van der Waals surface area contributed by atoms with Crippen molar-refractivity contribution in [1.29, 1.82) is 0 Å². The van der Waals surface area contributed by atoms with E-state index in [-0.39, 0.29) is 22.9 Å². The van der Waals surface area contributed by atoms with Gasteiger partial charge >= 0.3 is 0 Å². The van der Waals surface area contributed by atoms with Crippen molar-refractivity contribution >= 4 is 22.9 Å². The van der Waals surface area contributed by atoms with E-state index in [1.807, 2.05) is 0 Å². The molecule has 1 aliphatic carbocycles. The summed E-state index contributed by atoms with van der Waals surface area (Å²) in [6.07, 6.45) is 2.20. The number of rotatable bonds is 6. The SMILES string of the molecule is C[C@H](Nc1c(F)cc(N)c(Nc2cc(C3CC3)[nH]n2)c1F)c1ccc(F)cc1. The van der Waals surface area contributed by atoms with Crippen molar-refractivity contribution in [1.82, 2.24) is 10.2 Å². The summed E-state index contributed by atoms with van der Waals surface area (Å²) in [7, 11) is 0. The number of benzene rings is 2. The van der Waals surface area contributed by atoms with Gasteiger partial charge in [0.15, 0.2) is 17.5 Å². The molecule has 0 unspecified atom stereocenters. The normalized spacial score (nSPS) is 14.7. The summed E-state index contributed by atoms with van der Waals surface area (Å²) in [4.78, 5) is 0. The van der Waals surface area contributed by atoms with Crippen LogP contribution in [0.1, 0.15) is 43.0 Å². The van der Waals surface area contributed by atoms with Crippen LogP contribution in [-0.4, -0.2) is 10.2 Å². The second-order valence-electron chi connectivity index (χ2n) is 7.04. The predicted octanol–water partition coefficient (Wildman–Crippen LogP) is 5.20. The first-order chi connectivity index (χ1) is 13.4. The summed E-state index contributed by atoms with van der Waals surface area (Å²) in [6, 6.07) is 8.11. The van der Waals surface area contributed by atoms with Crippen molar-refractivity contribution in [2.75, 3.05) is 16.4 Å². The van der Waals surface area contributed by atoms with Crippen molar-refractivity contribution in [3.63, 3.8) is 0 Å². The Morgan fingerprint density at radius 3 is 2.50 bits per heavy atom. The van der Waals surface area contributed by atoms with Gasteiger partial charge in [0, 0.05) is 29.8 Å². The van der Waals surface area contributed by atoms with E-state index < -0.39 is 17.7 Å². The largest absolute Gasteiger partial charge is 0.397 e. The van der Waals surface area contributed by atoms with Gasteiger partial charge in [-0.15, -0.1) is 0 Å². The molecule has 0 radical (unpaired) electrons. The molecule has 0 bridgehead atoms. The molecule has 0 amide bonds. The van der Waals surface area contributed by atoms with Crippen molar-refractivity contribution in [3.8, 4) is 0 Å². The first-order valence-electron chi connectivity index (χ1n) is 9.04. The van der Waals surface area contributed by atoms with Gasteiger partial charge in [0.2, 0.25) is 0 Å². The first kappa shape index (κ1) is 18.2. The standard InChI is InChI=1S/C20H20F3N5/c1-10(11-4-6-13(21)7-5-11)25-19-14(22)8-15(24)20(18(19)23)26-17-9-16(27-28-17)12-2-3-12/h4-10,12,25H,2-3,24H2,1H3,(H2,26,27,28)/t10-/m0/s1. The minimum absolute atomic E-state index is 0.0518. The molecule has 1 heterocycles. The zero-order valence-electron chi connectivity index (χ0n) is 15.2. The van der Waals surface area contributed by atoms with Gasteiger partial charge < -0.3 is 16.4 Å². The van der Waals surface area contributed by atoms with E-state index in [0.29, 0.717) is 17.3 Å². The third-order valence-corrected chi connectivity index (χ3v) is 4.85. The van der Waals surface area contributed by atoms with Crippen LogP contribution in [0.5, 0.6) is 0 Å². The van der Waals surface area contributed by atoms with Crippen molar-refractivity contribution in [2.24, 2.45) is 0 Å². The highest BCUT2D eigenvalue weighted by Crippen LogP contribution is 2.40. The molecular formula is C20H20F3N5. The smallest absolute Gasteiger partial charge is 0.174 e. The number of anilines is 4. The van der Waals surface area contributed by atoms with E-state index in [9.17, 15) is 8.78 Å². The molecule has 5 nitrogen and oxygen atoms in total. The summed E-state index contributed by atoms with van der Waals surface area (Å²) >= 11 is 0. The molecule has 1 saturated carbocycles. The van der Waals surface area contributed by atoms with Crippen LogP contribution in [0.15, 0.2) is 36.4 Å². The third-order valence-electron chi connectivity index (χ3n) is 4.85. The monoisotopic (exact) mass is 387 g/mol. The van der Waals surface area contributed by atoms with Gasteiger partial charge in [-0.2, -0.15) is 5.10 Å². The lowest BCUT2D eigenvalue weighted by Crippen LogP contribution is -2.12. The van der Waals surface area contributed by atoms with E-state index in [4.69, 9.17) is 5.73 Å². The van der Waals surface area contributed by atoms with Gasteiger partial charge in [-0.25, -0.2) is 13.2 Å². The lowest BCUT2D eigenvalue weighted by molar-refractivity contribution is 0.587. The van der Waals surface area contributed by atoms with Crippen molar-refractivity contribution in [2.45, 2.75) is 31.7 Å². The summed E-state index contributed by atoms with van der Waals surface area (Å²) in [6.45, 7) is 1.73. The maximum atomic E-state index is 15.1. The van der Waals surface area contributed by atoms with E-state index in [1.165, 1.54) is 12.1 Å². The molecule has 4 rings (SSSR count). The highest BCUT2D eigenvalue weighted by Gasteiger charge is 2.26. The van der Waals surface area contributed by atoms with Crippen LogP contribution in [0.3, 0.4) is 0 Å². The number of hydrogen-bond acceptors (Lipinski definition) is 4. The van der Waals surface area contributed by atoms with Gasteiger partial charge in [0.05, 0.1) is 5.69 Å². The fraction of sp³-hybridized carbons (Fsp3) is 0.250. The summed E-state index contributed by atoms with van der Waals surface area (Å²) < 4.78 is 42.5. The number of nitrogens with zero attached hydrogens (tertiary/aromatic N) is 1. The Bertz CT molecular complexity index is 996. The Hall–Kier alpha value is -3.16. The van der Waals surface area contributed by atoms with Crippen LogP contribution in [0, 0.1) is 17.5 Å². The highest BCUT2D eigenvalue weighted by molar-refractivity contribution is 5.77. The lowest BCUT2D eigenvalue weighted by Gasteiger charge is -2.19. The predicted molar refractivity (Wildman–Crippen MR) is 103 cm³/mol. The minimum Gasteiger partial charge on any atom is -0.397 e. The second kappa shape index (κ2) is 7.10. The average Bonchev–Trinajstić information content (AvgIpc) is 3.41. The Morgan fingerprint density at radius 2 is 1.82 bits per heavy atom. The fourth-order valence-electron chi connectivity index (χ4n) is 3.08. The average molecular weight is 387 g/mol. The second-order valence-corrected chi connectivity index (χ2v) is 7.04. The Labute approximate surface area is 160 Å². The van der Waals surface area contributed by atoms with Crippen LogP contribution < -0.4 is 16.4 Å². The van der Waals surface area contributed by atoms with Crippen molar-refractivity contribution < 1.29 is 13.2 Å². The van der Waals surface area contributed by atoms with Gasteiger partial charge in [0.25, 0.3) is 0 Å². The van der Waals surface area contributed by atoms with Gasteiger partial charge in [-0.3, -0.25) is 5.10 Å². The summed E-state index contributed by atoms with van der Waals surface area (Å²) in [5.41, 5.74) is 7.06. The number of aromatic amines is 1. The molecule has 1 aliphatic rings. The number of H-pyrrole nitrogens is 1. The number of nitrogens with one attached hydrogen (secondary N) is 3. The molecule has 146 valence electrons. The van der Waals surface area contributed by atoms with Crippen LogP contribution in [-0.2, 0) is 0 Å². The molecule has 2 aromatic carbocycles. The van der Waals surface area contributed by atoms with Gasteiger partial charge in [-0.05, 0) is 37.5 Å². The van der Waals surface area contributed by atoms with Crippen LogP contribution in [0.25, 0.3) is 0 Å². The van der Waals surface area contributed by atoms with Crippen molar-refractivity contribution in [3.05, 3.63) is 65.1 Å². The number of halogens is 3. The quantitative estimate of drug-likeness (QED) is 0.438. The van der Waals surface area contributed by atoms with Gasteiger partial charge in [-0.1, -0.05) is 12.1 Å². The maximum absolute atomic E-state index is 15.1. The summed E-state index contributed by atoms with van der Waals surface area (Å²) in [5, 5.41) is 12.7. The first-order valence-corrected chi connectivity index (χ1v) is 9.04. The van der Waals surface area contributed by atoms with Crippen LogP contribution >= 0.6 is 0 Å². The molecule has 0 saturated heterocycles. The van der Waals surface area contributed by atoms with E-state index in [0.717, 1.165) is 24.6 Å². The Kier molecular flexibility index (Phi) is 4.62. The minimum atomic E-state index is -0.845. The van der Waals surface area contributed by atoms with E-state index >= 15 is 4.39 Å². The highest BCUT2D eigenvalue weighted by atomic mass is 19.1. The molecule has 1 aromatic heterocycles. The fourth-order valence-corrected chi connectivity index (χ4v) is 3.08. The number of nitrogen functional groups attached to an aromatic ring is 1.